The molecule has 0 N–H and O–H groups in total. The van der Waals surface area contributed by atoms with Crippen LogP contribution in [0.15, 0.2) is 0 Å². The van der Waals surface area contributed by atoms with Gasteiger partial charge in [0.25, 0.3) is 0 Å². The van der Waals surface area contributed by atoms with Crippen molar-refractivity contribution in [3.63, 3.8) is 0 Å². The Bertz CT molecular complexity index is 412. The molecule has 21 heavy (non-hydrogen) atoms. The highest BCUT2D eigenvalue weighted by Crippen LogP contribution is 2.44. The number of carbonyl (C=O) groups excluding carboxylic acids is 2. The normalized spacial score (nSPS) is 19.3. The molecule has 2 atom stereocenters. The Morgan fingerprint density at radius 3 is 2.24 bits per heavy atom. The van der Waals surface area contributed by atoms with Crippen molar-refractivity contribution in [1.82, 2.24) is 0 Å². The number of hydrogen-bond donors (Lipinski definition) is 0. The summed E-state index contributed by atoms with van der Waals surface area (Å²) in [5, 5.41) is 9.61. The summed E-state index contributed by atoms with van der Waals surface area (Å²) >= 11 is 0. The first-order valence-corrected chi connectivity index (χ1v) is 10.7. The summed E-state index contributed by atoms with van der Waals surface area (Å²) < 4.78 is 10.0. The van der Waals surface area contributed by atoms with E-state index in [1.165, 1.54) is 0 Å². The minimum absolute atomic E-state index is 0.0481. The topological polar surface area (TPSA) is 76.4 Å². The van der Waals surface area contributed by atoms with Gasteiger partial charge in [0, 0.05) is 0 Å². The van der Waals surface area contributed by atoms with Gasteiger partial charge in [-0.2, -0.15) is 5.26 Å². The van der Waals surface area contributed by atoms with E-state index in [1.54, 1.807) is 13.8 Å². The quantitative estimate of drug-likeness (QED) is 0.534. The number of ether oxygens (including phenoxy) is 2. The van der Waals surface area contributed by atoms with E-state index in [9.17, 15) is 14.9 Å². The maximum atomic E-state index is 12.2. The van der Waals surface area contributed by atoms with Crippen LogP contribution in [0.4, 0.5) is 0 Å². The summed E-state index contributed by atoms with van der Waals surface area (Å²) in [6.45, 7) is 6.17. The molecule has 0 spiro atoms. The molecule has 1 aliphatic heterocycles. The van der Waals surface area contributed by atoms with Crippen LogP contribution in [-0.2, 0) is 19.1 Å². The van der Waals surface area contributed by atoms with E-state index in [4.69, 9.17) is 9.47 Å². The van der Waals surface area contributed by atoms with Crippen LogP contribution in [0.25, 0.3) is 0 Å². The molecule has 118 valence electrons. The lowest BCUT2D eigenvalue weighted by molar-refractivity contribution is -0.154. The molecule has 6 heteroatoms. The first-order chi connectivity index (χ1) is 9.98. The maximum Gasteiger partial charge on any atom is 0.310 e. The molecule has 0 aromatic carbocycles. The van der Waals surface area contributed by atoms with Gasteiger partial charge in [0.15, 0.2) is 0 Å². The van der Waals surface area contributed by atoms with Gasteiger partial charge in [-0.25, -0.2) is 0 Å². The van der Waals surface area contributed by atoms with E-state index >= 15 is 0 Å². The fourth-order valence-corrected chi connectivity index (χ4v) is 7.74. The second-order valence-corrected chi connectivity index (χ2v) is 10.8. The van der Waals surface area contributed by atoms with Gasteiger partial charge < -0.3 is 9.47 Å². The molecular weight excluding hydrogens is 286 g/mol. The van der Waals surface area contributed by atoms with Gasteiger partial charge >= 0.3 is 11.9 Å². The van der Waals surface area contributed by atoms with Crippen molar-refractivity contribution in [2.75, 3.05) is 13.2 Å². The highest BCUT2D eigenvalue weighted by Gasteiger charge is 2.47. The fraction of sp³-hybridized carbons (Fsp3) is 0.800. The Hall–Kier alpha value is -1.35. The van der Waals surface area contributed by atoms with Crippen molar-refractivity contribution in [1.29, 1.82) is 5.26 Å². The molecular formula is C15H25NO4Si. The molecule has 1 rings (SSSR count). The molecule has 0 amide bonds. The summed E-state index contributed by atoms with van der Waals surface area (Å²) in [5.41, 5.74) is -0.372. The molecule has 1 saturated heterocycles. The molecule has 0 aliphatic carbocycles. The predicted octanol–water partition coefficient (Wildman–Crippen LogP) is 2.89. The maximum absolute atomic E-state index is 12.2. The van der Waals surface area contributed by atoms with Gasteiger partial charge in [-0.15, -0.1) is 0 Å². The van der Waals surface area contributed by atoms with Gasteiger partial charge in [-0.05, 0) is 13.8 Å². The second-order valence-electron chi connectivity index (χ2n) is 5.84. The summed E-state index contributed by atoms with van der Waals surface area (Å²) in [7, 11) is -1.83. The van der Waals surface area contributed by atoms with E-state index in [0.717, 1.165) is 24.9 Å². The average Bonchev–Trinajstić information content (AvgIpc) is 2.86. The van der Waals surface area contributed by atoms with Crippen LogP contribution in [0.2, 0.25) is 24.2 Å². The Labute approximate surface area is 127 Å². The molecule has 2 unspecified atom stereocenters. The zero-order chi connectivity index (χ0) is 15.9. The van der Waals surface area contributed by atoms with Crippen LogP contribution in [0.3, 0.4) is 0 Å². The number of carbonyl (C=O) groups is 2. The van der Waals surface area contributed by atoms with Gasteiger partial charge in [-0.3, -0.25) is 9.59 Å². The van der Waals surface area contributed by atoms with Crippen LogP contribution in [0.1, 0.15) is 33.1 Å². The van der Waals surface area contributed by atoms with Gasteiger partial charge in [0.1, 0.15) is 0 Å². The van der Waals surface area contributed by atoms with E-state index in [2.05, 4.69) is 12.6 Å². The van der Waals surface area contributed by atoms with Crippen molar-refractivity contribution in [3.05, 3.63) is 0 Å². The van der Waals surface area contributed by atoms with Crippen LogP contribution in [0, 0.1) is 17.2 Å². The minimum atomic E-state index is -1.83. The third-order valence-corrected chi connectivity index (χ3v) is 9.34. The highest BCUT2D eigenvalue weighted by molar-refractivity contribution is 6.81. The fourth-order valence-electron chi connectivity index (χ4n) is 3.21. The summed E-state index contributed by atoms with van der Waals surface area (Å²) in [6, 6.07) is 4.42. The van der Waals surface area contributed by atoms with E-state index < -0.39 is 25.9 Å². The van der Waals surface area contributed by atoms with Gasteiger partial charge in [0.05, 0.1) is 45.2 Å². The second kappa shape index (κ2) is 8.18. The largest absolute Gasteiger partial charge is 0.466 e. The van der Waals surface area contributed by atoms with Crippen molar-refractivity contribution >= 4 is 20.0 Å². The molecule has 0 radical (unpaired) electrons. The first-order valence-electron chi connectivity index (χ1n) is 7.70. The zero-order valence-electron chi connectivity index (χ0n) is 13.2. The SMILES string of the molecule is CCOC(=O)CC(C(=O)OCC)C(C#N)[Si]1(C)CCCC1. The van der Waals surface area contributed by atoms with Crippen molar-refractivity contribution in [3.8, 4) is 6.07 Å². The molecule has 0 saturated carbocycles. The number of nitrogens with zero attached hydrogens (tertiary/aromatic N) is 1. The summed E-state index contributed by atoms with van der Waals surface area (Å²) in [5.74, 6) is -1.53. The molecule has 0 aromatic heterocycles. The first kappa shape index (κ1) is 17.7. The number of esters is 2. The molecule has 0 aromatic rings. The predicted molar refractivity (Wildman–Crippen MR) is 81.2 cm³/mol. The number of nitriles is 1. The van der Waals surface area contributed by atoms with Crippen LogP contribution in [-0.4, -0.2) is 33.2 Å². The molecule has 1 fully saturated rings. The van der Waals surface area contributed by atoms with Crippen LogP contribution >= 0.6 is 0 Å². The van der Waals surface area contributed by atoms with Crippen LogP contribution < -0.4 is 0 Å². The Balaban J connectivity index is 2.94. The van der Waals surface area contributed by atoms with Gasteiger partial charge in [-0.1, -0.05) is 31.5 Å². The third kappa shape index (κ3) is 4.56. The number of hydrogen-bond acceptors (Lipinski definition) is 5. The lowest BCUT2D eigenvalue weighted by Gasteiger charge is -2.31. The van der Waals surface area contributed by atoms with Crippen molar-refractivity contribution < 1.29 is 19.1 Å². The summed E-state index contributed by atoms with van der Waals surface area (Å²) in [4.78, 5) is 24.0. The third-order valence-electron chi connectivity index (χ3n) is 4.32. The molecule has 1 aliphatic rings. The summed E-state index contributed by atoms with van der Waals surface area (Å²) in [6.07, 6.45) is 2.19. The Kier molecular flexibility index (Phi) is 6.89. The molecule has 5 nitrogen and oxygen atoms in total. The van der Waals surface area contributed by atoms with E-state index in [-0.39, 0.29) is 25.2 Å². The van der Waals surface area contributed by atoms with E-state index in [0.29, 0.717) is 0 Å². The van der Waals surface area contributed by atoms with Gasteiger partial charge in [0.2, 0.25) is 0 Å². The lowest BCUT2D eigenvalue weighted by atomic mass is 10.0. The lowest BCUT2D eigenvalue weighted by Crippen LogP contribution is -2.40. The van der Waals surface area contributed by atoms with E-state index in [1.807, 2.05) is 0 Å². The highest BCUT2D eigenvalue weighted by atomic mass is 28.3. The van der Waals surface area contributed by atoms with Crippen LogP contribution in [0.5, 0.6) is 0 Å². The van der Waals surface area contributed by atoms with Crippen molar-refractivity contribution in [2.45, 2.75) is 57.3 Å². The molecule has 1 heterocycles. The minimum Gasteiger partial charge on any atom is -0.466 e. The average molecular weight is 311 g/mol. The Morgan fingerprint density at radius 1 is 1.19 bits per heavy atom. The Morgan fingerprint density at radius 2 is 1.76 bits per heavy atom. The number of rotatable bonds is 7. The van der Waals surface area contributed by atoms with Crippen molar-refractivity contribution in [2.24, 2.45) is 5.92 Å². The standard InChI is InChI=1S/C15H25NO4Si/c1-4-19-14(17)10-12(15(18)20-5-2)13(11-16)21(3)8-6-7-9-21/h12-13H,4-10H2,1-3H3. The smallest absolute Gasteiger partial charge is 0.310 e. The monoisotopic (exact) mass is 311 g/mol. The zero-order valence-corrected chi connectivity index (χ0v) is 14.2. The molecule has 0 bridgehead atoms.